The maximum Gasteiger partial charge on any atom is 0.232 e. The van der Waals surface area contributed by atoms with Crippen LogP contribution in [0.15, 0.2) is 66.9 Å². The highest BCUT2D eigenvalue weighted by molar-refractivity contribution is 6.04. The highest BCUT2D eigenvalue weighted by atomic mass is 16.5. The zero-order valence-electron chi connectivity index (χ0n) is 24.9. The summed E-state index contributed by atoms with van der Waals surface area (Å²) in [6.45, 7) is 1.93. The molecule has 0 radical (unpaired) electrons. The predicted octanol–water partition coefficient (Wildman–Crippen LogP) is 7.36. The normalized spacial score (nSPS) is 14.4. The van der Waals surface area contributed by atoms with E-state index in [4.69, 9.17) is 14.2 Å². The lowest BCUT2D eigenvalue weighted by Crippen LogP contribution is -2.40. The van der Waals surface area contributed by atoms with Crippen LogP contribution in [0.5, 0.6) is 17.2 Å². The van der Waals surface area contributed by atoms with E-state index in [0.717, 1.165) is 47.7 Å². The van der Waals surface area contributed by atoms with E-state index in [1.165, 1.54) is 6.42 Å². The quantitative estimate of drug-likeness (QED) is 0.204. The molecule has 42 heavy (non-hydrogen) atoms. The number of Topliss-reactive ketones (excluding diaryl/α,β-unsaturated/α-hetero) is 1. The van der Waals surface area contributed by atoms with E-state index in [1.807, 2.05) is 73.8 Å². The van der Waals surface area contributed by atoms with Crippen molar-refractivity contribution in [3.63, 3.8) is 0 Å². The van der Waals surface area contributed by atoms with Gasteiger partial charge in [-0.25, -0.2) is 0 Å². The second-order valence-electron chi connectivity index (χ2n) is 11.1. The number of hydrogen-bond donors (Lipinski definition) is 1. The first-order valence-electron chi connectivity index (χ1n) is 14.7. The Labute approximate surface area is 247 Å². The molecule has 5 rings (SSSR count). The number of aromatic nitrogens is 1. The Hall–Kier alpha value is -4.26. The minimum atomic E-state index is -0.837. The molecule has 1 aromatic heterocycles. The number of hydrogen-bond acceptors (Lipinski definition) is 5. The largest absolute Gasteiger partial charge is 0.497 e. The maximum atomic E-state index is 14.5. The minimum Gasteiger partial charge on any atom is -0.497 e. The van der Waals surface area contributed by atoms with Gasteiger partial charge in [-0.15, -0.1) is 0 Å². The molecule has 7 nitrogen and oxygen atoms in total. The lowest BCUT2D eigenvalue weighted by molar-refractivity contribution is -0.125. The number of carbonyl (C=O) groups excluding carboxylic acids is 2. The van der Waals surface area contributed by atoms with Crippen LogP contribution in [0.25, 0.3) is 10.9 Å². The Morgan fingerprint density at radius 1 is 0.929 bits per heavy atom. The fourth-order valence-electron chi connectivity index (χ4n) is 6.31. The SMILES string of the molecule is COc1ccc(N(C(=O)Cc2c[nH]c3ccccc23)C(C(=O)CC2CCCCC2)c2cc(C)c(OC)c(OC)c2)cc1. The van der Waals surface area contributed by atoms with Gasteiger partial charge in [0.05, 0.1) is 27.8 Å². The fourth-order valence-corrected chi connectivity index (χ4v) is 6.31. The third-order valence-corrected chi connectivity index (χ3v) is 8.42. The molecule has 1 aliphatic rings. The van der Waals surface area contributed by atoms with Crippen LogP contribution in [-0.4, -0.2) is 38.0 Å². The predicted molar refractivity (Wildman–Crippen MR) is 166 cm³/mol. The molecule has 1 unspecified atom stereocenters. The highest BCUT2D eigenvalue weighted by Gasteiger charge is 2.35. The van der Waals surface area contributed by atoms with Crippen LogP contribution in [0, 0.1) is 12.8 Å². The number of methoxy groups -OCH3 is 3. The Balaban J connectivity index is 1.62. The van der Waals surface area contributed by atoms with Gasteiger partial charge in [-0.3, -0.25) is 14.5 Å². The zero-order valence-corrected chi connectivity index (χ0v) is 24.9. The van der Waals surface area contributed by atoms with Gasteiger partial charge in [-0.2, -0.15) is 0 Å². The van der Waals surface area contributed by atoms with Crippen molar-refractivity contribution in [1.82, 2.24) is 4.98 Å². The van der Waals surface area contributed by atoms with Crippen molar-refractivity contribution < 1.29 is 23.8 Å². The molecule has 220 valence electrons. The number of H-pyrrole nitrogens is 1. The van der Waals surface area contributed by atoms with Gasteiger partial charge >= 0.3 is 0 Å². The van der Waals surface area contributed by atoms with Crippen molar-refractivity contribution in [2.24, 2.45) is 5.92 Å². The van der Waals surface area contributed by atoms with Gasteiger partial charge < -0.3 is 19.2 Å². The van der Waals surface area contributed by atoms with Gasteiger partial charge in [0.25, 0.3) is 0 Å². The van der Waals surface area contributed by atoms with Crippen molar-refractivity contribution in [2.75, 3.05) is 26.2 Å². The number of ether oxygens (including phenoxy) is 3. The van der Waals surface area contributed by atoms with Gasteiger partial charge in [0.1, 0.15) is 11.8 Å². The van der Waals surface area contributed by atoms with Crippen molar-refractivity contribution in [3.8, 4) is 17.2 Å². The van der Waals surface area contributed by atoms with E-state index >= 15 is 0 Å². The molecule has 0 bridgehead atoms. The van der Waals surface area contributed by atoms with Crippen molar-refractivity contribution in [2.45, 2.75) is 57.9 Å². The summed E-state index contributed by atoms with van der Waals surface area (Å²) in [6.07, 6.45) is 8.00. The number of para-hydroxylation sites is 1. The van der Waals surface area contributed by atoms with E-state index in [-0.39, 0.29) is 18.1 Å². The molecule has 1 fully saturated rings. The Morgan fingerprint density at radius 2 is 1.67 bits per heavy atom. The summed E-state index contributed by atoms with van der Waals surface area (Å²) in [4.78, 5) is 33.8. The van der Waals surface area contributed by atoms with Gasteiger partial charge in [-0.05, 0) is 72.0 Å². The van der Waals surface area contributed by atoms with Crippen LogP contribution < -0.4 is 19.1 Å². The number of nitrogens with zero attached hydrogens (tertiary/aromatic N) is 1. The number of aromatic amines is 1. The number of anilines is 1. The molecule has 1 aliphatic carbocycles. The van der Waals surface area contributed by atoms with Crippen LogP contribution in [-0.2, 0) is 16.0 Å². The number of carbonyl (C=O) groups is 2. The average molecular weight is 569 g/mol. The van der Waals surface area contributed by atoms with Crippen LogP contribution >= 0.6 is 0 Å². The molecular weight excluding hydrogens is 528 g/mol. The van der Waals surface area contributed by atoms with E-state index in [9.17, 15) is 9.59 Å². The molecule has 7 heteroatoms. The summed E-state index contributed by atoms with van der Waals surface area (Å²) in [5.41, 5.74) is 4.03. The van der Waals surface area contributed by atoms with Crippen LogP contribution in [0.2, 0.25) is 0 Å². The molecule has 0 saturated heterocycles. The van der Waals surface area contributed by atoms with Gasteiger partial charge in [0, 0.05) is 29.2 Å². The Kier molecular flexibility index (Phi) is 9.15. The number of aryl methyl sites for hydroxylation is 1. The molecule has 0 aliphatic heterocycles. The van der Waals surface area contributed by atoms with Crippen LogP contribution in [0.1, 0.15) is 61.3 Å². The van der Waals surface area contributed by atoms with E-state index in [0.29, 0.717) is 40.8 Å². The lowest BCUT2D eigenvalue weighted by Gasteiger charge is -2.33. The third-order valence-electron chi connectivity index (χ3n) is 8.42. The number of amides is 1. The molecule has 4 aromatic rings. The molecule has 1 atom stereocenters. The van der Waals surface area contributed by atoms with E-state index in [2.05, 4.69) is 4.98 Å². The first-order chi connectivity index (χ1) is 20.4. The highest BCUT2D eigenvalue weighted by Crippen LogP contribution is 2.40. The zero-order chi connectivity index (χ0) is 29.6. The number of fused-ring (bicyclic) bond motifs is 1. The smallest absolute Gasteiger partial charge is 0.232 e. The number of benzene rings is 3. The standard InChI is InChI=1S/C35H40N2O5/c1-23-18-25(20-32(41-3)35(23)42-4)34(31(38)19-24-10-6-5-7-11-24)37(27-14-16-28(40-2)17-15-27)33(39)21-26-22-36-30-13-9-8-12-29(26)30/h8-9,12-18,20,22,24,34,36H,5-7,10-11,19,21H2,1-4H3. The second-order valence-corrected chi connectivity index (χ2v) is 11.1. The molecular formula is C35H40N2O5. The molecule has 3 aromatic carbocycles. The van der Waals surface area contributed by atoms with E-state index in [1.54, 1.807) is 26.2 Å². The van der Waals surface area contributed by atoms with Crippen molar-refractivity contribution >= 4 is 28.3 Å². The number of ketones is 1. The Morgan fingerprint density at radius 3 is 2.36 bits per heavy atom. The summed E-state index contributed by atoms with van der Waals surface area (Å²) in [7, 11) is 4.80. The number of nitrogens with one attached hydrogen (secondary N) is 1. The summed E-state index contributed by atoms with van der Waals surface area (Å²) < 4.78 is 16.7. The Bertz CT molecular complexity index is 1540. The summed E-state index contributed by atoms with van der Waals surface area (Å²) in [6, 6.07) is 18.2. The maximum absolute atomic E-state index is 14.5. The van der Waals surface area contributed by atoms with Crippen molar-refractivity contribution in [1.29, 1.82) is 0 Å². The first-order valence-corrected chi connectivity index (χ1v) is 14.7. The van der Waals surface area contributed by atoms with E-state index < -0.39 is 6.04 Å². The second kappa shape index (κ2) is 13.1. The van der Waals surface area contributed by atoms with Gasteiger partial charge in [0.15, 0.2) is 17.3 Å². The number of rotatable bonds is 11. The third kappa shape index (κ3) is 6.15. The average Bonchev–Trinajstić information content (AvgIpc) is 3.42. The summed E-state index contributed by atoms with van der Waals surface area (Å²) in [5.74, 6) is 1.99. The molecule has 0 spiro atoms. The molecule has 1 amide bonds. The van der Waals surface area contributed by atoms with Crippen LogP contribution in [0.4, 0.5) is 5.69 Å². The monoisotopic (exact) mass is 568 g/mol. The fraction of sp³-hybridized carbons (Fsp3) is 0.371. The van der Waals surface area contributed by atoms with Gasteiger partial charge in [-0.1, -0.05) is 50.3 Å². The van der Waals surface area contributed by atoms with Crippen molar-refractivity contribution in [3.05, 3.63) is 83.6 Å². The van der Waals surface area contributed by atoms with Gasteiger partial charge in [0.2, 0.25) is 5.91 Å². The topological polar surface area (TPSA) is 80.9 Å². The lowest BCUT2D eigenvalue weighted by atomic mass is 9.83. The molecule has 1 N–H and O–H groups in total. The van der Waals surface area contributed by atoms with Crippen LogP contribution in [0.3, 0.4) is 0 Å². The minimum absolute atomic E-state index is 0.0246. The molecule has 1 heterocycles. The summed E-state index contributed by atoms with van der Waals surface area (Å²) >= 11 is 0. The first kappa shape index (κ1) is 29.2. The summed E-state index contributed by atoms with van der Waals surface area (Å²) in [5, 5.41) is 0.993. The molecule has 1 saturated carbocycles.